The molecule has 0 spiro atoms. The minimum Gasteiger partial charge on any atom is -0.490 e. The van der Waals surface area contributed by atoms with E-state index in [0.29, 0.717) is 0 Å². The maximum atomic E-state index is 14.1. The topological polar surface area (TPSA) is 206 Å². The van der Waals surface area contributed by atoms with Crippen LogP contribution in [0.3, 0.4) is 0 Å². The number of aliphatic hydroxyl groups excluding tert-OH is 2. The predicted octanol–water partition coefficient (Wildman–Crippen LogP) is 0.0593. The molecule has 0 radical (unpaired) electrons. The quantitative estimate of drug-likeness (QED) is 0.230. The maximum absolute atomic E-state index is 14.1. The Labute approximate surface area is 196 Å². The lowest BCUT2D eigenvalue weighted by molar-refractivity contribution is -0.182. The van der Waals surface area contributed by atoms with Crippen LogP contribution in [0.15, 0.2) is 35.3 Å². The molecule has 192 valence electrons. The van der Waals surface area contributed by atoms with Gasteiger partial charge in [0.2, 0.25) is 0 Å². The van der Waals surface area contributed by atoms with Crippen LogP contribution in [0.4, 0.5) is 14.6 Å². The number of aliphatic carboxylic acids is 1. The molecule has 1 aromatic carbocycles. The van der Waals surface area contributed by atoms with Gasteiger partial charge in [0, 0.05) is 17.8 Å². The van der Waals surface area contributed by atoms with Crippen molar-refractivity contribution in [3.05, 3.63) is 46.5 Å². The van der Waals surface area contributed by atoms with E-state index in [-0.39, 0.29) is 22.9 Å². The van der Waals surface area contributed by atoms with Gasteiger partial charge in [-0.1, -0.05) is 6.07 Å². The minimum atomic E-state index is -3.33. The molecule has 1 aliphatic heterocycles. The molecular formula is C19H23F2N4O9P. The number of ether oxygens (including phenoxy) is 2. The predicted molar refractivity (Wildman–Crippen MR) is 116 cm³/mol. The highest BCUT2D eigenvalue weighted by Crippen LogP contribution is 2.44. The first-order chi connectivity index (χ1) is 16.4. The van der Waals surface area contributed by atoms with Crippen LogP contribution in [0.5, 0.6) is 11.5 Å². The summed E-state index contributed by atoms with van der Waals surface area (Å²) in [7, 11) is -3.01. The largest absolute Gasteiger partial charge is 0.490 e. The number of hydrogen-bond acceptors (Lipinski definition) is 10. The van der Waals surface area contributed by atoms with Crippen LogP contribution in [0.2, 0.25) is 0 Å². The number of nitrogens with zero attached hydrogens (tertiary/aromatic N) is 1. The Bertz CT molecular complexity index is 1150. The Hall–Kier alpha value is -3.10. The van der Waals surface area contributed by atoms with Gasteiger partial charge in [0.25, 0.3) is 6.43 Å². The van der Waals surface area contributed by atoms with Crippen molar-refractivity contribution in [2.24, 2.45) is 0 Å². The fraction of sp³-hybridized carbons (Fsp3) is 0.421. The van der Waals surface area contributed by atoms with Crippen LogP contribution in [0, 0.1) is 0 Å². The first kappa shape index (κ1) is 26.5. The zero-order valence-electron chi connectivity index (χ0n) is 18.1. The molecule has 7 N–H and O–H groups in total. The molecule has 1 fully saturated rings. The van der Waals surface area contributed by atoms with E-state index >= 15 is 0 Å². The third kappa shape index (κ3) is 5.77. The molecule has 0 aliphatic carbocycles. The number of carboxylic acids is 1. The van der Waals surface area contributed by atoms with Crippen molar-refractivity contribution in [1.82, 2.24) is 15.1 Å². The van der Waals surface area contributed by atoms with Gasteiger partial charge < -0.3 is 40.0 Å². The van der Waals surface area contributed by atoms with Crippen molar-refractivity contribution >= 4 is 20.0 Å². The Balaban J connectivity index is 1.75. The fourth-order valence-electron chi connectivity index (χ4n) is 3.29. The number of alkyl halides is 2. The van der Waals surface area contributed by atoms with E-state index in [4.69, 9.17) is 24.8 Å². The summed E-state index contributed by atoms with van der Waals surface area (Å²) in [5.41, 5.74) is 2.04. The van der Waals surface area contributed by atoms with Crippen LogP contribution in [-0.4, -0.2) is 68.1 Å². The molecule has 1 saturated heterocycles. The number of aliphatic hydroxyl groups is 2. The summed E-state index contributed by atoms with van der Waals surface area (Å²) in [5, 5.41) is 31.9. The SMILES string of the molecule is CC(N[PH](=O)Oc1cccc(OC[C@@]2(C(F)F)O[C@H](c3c[nH]c(=O)nc3N)[C@H](O)[C@@H]2O)c1)C(=O)O. The summed E-state index contributed by atoms with van der Waals surface area (Å²) < 4.78 is 56.1. The van der Waals surface area contributed by atoms with Gasteiger partial charge in [0.15, 0.2) is 5.60 Å². The van der Waals surface area contributed by atoms with Crippen LogP contribution in [0.25, 0.3) is 0 Å². The number of nitrogen functional groups attached to an aromatic ring is 1. The zero-order chi connectivity index (χ0) is 25.9. The van der Waals surface area contributed by atoms with Crippen LogP contribution >= 0.6 is 8.18 Å². The molecule has 0 bridgehead atoms. The Morgan fingerprint density at radius 3 is 2.71 bits per heavy atom. The Kier molecular flexibility index (Phi) is 8.07. The van der Waals surface area contributed by atoms with Gasteiger partial charge in [-0.05, 0) is 19.1 Å². The molecule has 16 heteroatoms. The number of H-pyrrole nitrogens is 1. The van der Waals surface area contributed by atoms with Crippen molar-refractivity contribution in [3.63, 3.8) is 0 Å². The number of rotatable bonds is 10. The van der Waals surface area contributed by atoms with Crippen molar-refractivity contribution in [3.8, 4) is 11.5 Å². The van der Waals surface area contributed by atoms with Gasteiger partial charge in [-0.2, -0.15) is 4.98 Å². The molecule has 3 rings (SSSR count). The summed E-state index contributed by atoms with van der Waals surface area (Å²) >= 11 is 0. The van der Waals surface area contributed by atoms with E-state index in [1.807, 2.05) is 0 Å². The first-order valence-corrected chi connectivity index (χ1v) is 11.4. The Morgan fingerprint density at radius 2 is 2.09 bits per heavy atom. The molecule has 2 aromatic rings. The average Bonchev–Trinajstić information content (AvgIpc) is 3.04. The molecule has 0 saturated carbocycles. The van der Waals surface area contributed by atoms with Gasteiger partial charge >= 0.3 is 19.8 Å². The second-order valence-electron chi connectivity index (χ2n) is 7.63. The maximum Gasteiger partial charge on any atom is 0.346 e. The van der Waals surface area contributed by atoms with Gasteiger partial charge in [0.05, 0.1) is 0 Å². The number of anilines is 1. The van der Waals surface area contributed by atoms with Crippen LogP contribution < -0.4 is 25.8 Å². The standard InChI is InChI=1S/C19H23F2N4O9P/c1-8(16(28)29)25-35(31)34-10-4-2-3-9(5-10)32-7-19(17(20)21)14(27)12(26)13(33-19)11-6-23-18(30)24-15(11)22/h2-6,8,12-14,17,26-27,35H,7H2,1H3,(H,25,31)(H,28,29)(H3,22,23,24,30)/t8?,12-,13+,14-,19+/m0/s1. The summed E-state index contributed by atoms with van der Waals surface area (Å²) in [5.74, 6) is -1.67. The third-order valence-electron chi connectivity index (χ3n) is 5.21. The molecule has 1 aromatic heterocycles. The zero-order valence-corrected chi connectivity index (χ0v) is 19.1. The number of nitrogens with two attached hydrogens (primary N) is 1. The number of carboxylic acid groups (broad SMARTS) is 1. The van der Waals surface area contributed by atoms with Crippen molar-refractivity contribution in [1.29, 1.82) is 0 Å². The van der Waals surface area contributed by atoms with Gasteiger partial charge in [-0.3, -0.25) is 9.36 Å². The lowest BCUT2D eigenvalue weighted by Crippen LogP contribution is -2.53. The monoisotopic (exact) mass is 520 g/mol. The van der Waals surface area contributed by atoms with Crippen molar-refractivity contribution in [2.75, 3.05) is 12.3 Å². The highest BCUT2D eigenvalue weighted by atomic mass is 31.1. The van der Waals surface area contributed by atoms with E-state index in [1.165, 1.54) is 31.2 Å². The molecule has 2 heterocycles. The number of carbonyl (C=O) groups is 1. The van der Waals surface area contributed by atoms with Gasteiger partial charge in [-0.15, -0.1) is 0 Å². The van der Waals surface area contributed by atoms with Crippen LogP contribution in [-0.2, 0) is 14.1 Å². The number of aromatic amines is 1. The van der Waals surface area contributed by atoms with Gasteiger partial charge in [-0.25, -0.2) is 18.7 Å². The van der Waals surface area contributed by atoms with E-state index in [2.05, 4.69) is 15.1 Å². The van der Waals surface area contributed by atoms with Crippen molar-refractivity contribution in [2.45, 2.75) is 43.3 Å². The normalized spacial score (nSPS) is 25.8. The summed E-state index contributed by atoms with van der Waals surface area (Å²) in [6.07, 6.45) is -7.81. The molecule has 0 amide bonds. The number of aromatic nitrogens is 2. The minimum absolute atomic E-state index is 0.0135. The molecule has 6 atom stereocenters. The number of hydrogen-bond donors (Lipinski definition) is 6. The molecule has 1 aliphatic rings. The lowest BCUT2D eigenvalue weighted by atomic mass is 9.94. The first-order valence-electron chi connectivity index (χ1n) is 10.1. The molecular weight excluding hydrogens is 497 g/mol. The second kappa shape index (κ2) is 10.7. The smallest absolute Gasteiger partial charge is 0.346 e. The lowest BCUT2D eigenvalue weighted by Gasteiger charge is -2.31. The highest BCUT2D eigenvalue weighted by Gasteiger charge is 2.61. The van der Waals surface area contributed by atoms with E-state index in [1.54, 1.807) is 0 Å². The summed E-state index contributed by atoms with van der Waals surface area (Å²) in [6.45, 7) is 0.339. The summed E-state index contributed by atoms with van der Waals surface area (Å²) in [4.78, 5) is 27.7. The fourth-order valence-corrected chi connectivity index (χ4v) is 4.16. The number of halogens is 2. The molecule has 2 unspecified atom stereocenters. The summed E-state index contributed by atoms with van der Waals surface area (Å²) in [6, 6.07) is 4.19. The van der Waals surface area contributed by atoms with Gasteiger partial charge in [0.1, 0.15) is 48.3 Å². The van der Waals surface area contributed by atoms with E-state index < -0.39 is 62.8 Å². The number of benzene rings is 1. The second-order valence-corrected chi connectivity index (χ2v) is 8.70. The Morgan fingerprint density at radius 1 is 1.40 bits per heavy atom. The number of nitrogens with one attached hydrogen (secondary N) is 2. The third-order valence-corrected chi connectivity index (χ3v) is 6.30. The highest BCUT2D eigenvalue weighted by molar-refractivity contribution is 7.37. The molecule has 13 nitrogen and oxygen atoms in total. The molecule has 35 heavy (non-hydrogen) atoms. The van der Waals surface area contributed by atoms with E-state index in [0.717, 1.165) is 6.20 Å². The average molecular weight is 520 g/mol. The van der Waals surface area contributed by atoms with E-state index in [9.17, 15) is 33.1 Å². The van der Waals surface area contributed by atoms with Crippen molar-refractivity contribution < 1.29 is 47.5 Å². The van der Waals surface area contributed by atoms with Crippen LogP contribution in [0.1, 0.15) is 18.6 Å².